The van der Waals surface area contributed by atoms with Gasteiger partial charge in [-0.2, -0.15) is 0 Å². The first-order valence-corrected chi connectivity index (χ1v) is 12.6. The van der Waals surface area contributed by atoms with Crippen molar-refractivity contribution in [2.45, 2.75) is 52.6 Å². The Morgan fingerprint density at radius 2 is 1.54 bits per heavy atom. The van der Waals surface area contributed by atoms with Crippen molar-refractivity contribution >= 4 is 23.4 Å². The molecule has 4 nitrogen and oxygen atoms in total. The normalized spacial score (nSPS) is 11.8. The summed E-state index contributed by atoms with van der Waals surface area (Å²) in [5, 5.41) is 3.64. The number of nitrogens with one attached hydrogen (secondary N) is 1. The van der Waals surface area contributed by atoms with E-state index in [1.54, 1.807) is 4.90 Å². The van der Waals surface area contributed by atoms with Crippen molar-refractivity contribution < 1.29 is 9.59 Å². The Hall–Kier alpha value is -3.11. The van der Waals surface area contributed by atoms with Gasteiger partial charge in [-0.15, -0.1) is 0 Å². The second-order valence-corrected chi connectivity index (χ2v) is 9.85. The number of benzene rings is 3. The molecule has 0 aromatic heterocycles. The minimum absolute atomic E-state index is 0.0638. The predicted molar refractivity (Wildman–Crippen MR) is 143 cm³/mol. The highest BCUT2D eigenvalue weighted by molar-refractivity contribution is 6.31. The van der Waals surface area contributed by atoms with Crippen molar-refractivity contribution in [2.24, 2.45) is 5.92 Å². The number of aryl methyl sites for hydroxylation is 2. The summed E-state index contributed by atoms with van der Waals surface area (Å²) in [7, 11) is 0. The van der Waals surface area contributed by atoms with Gasteiger partial charge in [0, 0.05) is 31.0 Å². The zero-order chi connectivity index (χ0) is 25.2. The summed E-state index contributed by atoms with van der Waals surface area (Å²) in [6, 6.07) is 24.9. The topological polar surface area (TPSA) is 49.4 Å². The number of amides is 2. The van der Waals surface area contributed by atoms with E-state index in [0.29, 0.717) is 36.7 Å². The first-order chi connectivity index (χ1) is 16.8. The van der Waals surface area contributed by atoms with Gasteiger partial charge in [0.15, 0.2) is 0 Å². The molecule has 0 saturated carbocycles. The highest BCUT2D eigenvalue weighted by Crippen LogP contribution is 2.21. The lowest BCUT2D eigenvalue weighted by Gasteiger charge is -2.32. The molecule has 2 amide bonds. The summed E-state index contributed by atoms with van der Waals surface area (Å²) in [5.74, 6) is 0.106. The summed E-state index contributed by atoms with van der Waals surface area (Å²) >= 11 is 6.47. The third kappa shape index (κ3) is 8.25. The van der Waals surface area contributed by atoms with Gasteiger partial charge < -0.3 is 10.2 Å². The van der Waals surface area contributed by atoms with Gasteiger partial charge in [-0.1, -0.05) is 104 Å². The van der Waals surface area contributed by atoms with E-state index in [0.717, 1.165) is 16.7 Å². The number of carbonyl (C=O) groups excluding carboxylic acids is 2. The second-order valence-electron chi connectivity index (χ2n) is 9.44. The minimum atomic E-state index is -0.641. The van der Waals surface area contributed by atoms with Crippen LogP contribution in [0.3, 0.4) is 0 Å². The molecular weight excluding hydrogens is 456 g/mol. The third-order valence-electron chi connectivity index (χ3n) is 6.00. The largest absolute Gasteiger partial charge is 0.354 e. The van der Waals surface area contributed by atoms with Crippen LogP contribution < -0.4 is 5.32 Å². The van der Waals surface area contributed by atoms with Gasteiger partial charge in [0.25, 0.3) is 0 Å². The van der Waals surface area contributed by atoms with Crippen LogP contribution in [-0.2, 0) is 29.0 Å². The van der Waals surface area contributed by atoms with Crippen molar-refractivity contribution in [3.05, 3.63) is 106 Å². The standard InChI is InChI=1S/C30H35ClN2O2/c1-22(2)20-32-30(35)28(19-25-9-5-4-6-10-25)33(21-26-11-7-8-12-27(26)31)29(34)18-17-24-15-13-23(3)14-16-24/h4-16,22,28H,17-21H2,1-3H3,(H,32,35). The van der Waals surface area contributed by atoms with Gasteiger partial charge >= 0.3 is 0 Å². The van der Waals surface area contributed by atoms with Gasteiger partial charge in [0.1, 0.15) is 6.04 Å². The van der Waals surface area contributed by atoms with Crippen LogP contribution in [0.15, 0.2) is 78.9 Å². The average Bonchev–Trinajstić information content (AvgIpc) is 2.85. The maximum atomic E-state index is 13.7. The molecule has 0 saturated heterocycles. The van der Waals surface area contributed by atoms with Gasteiger partial charge in [-0.05, 0) is 42.0 Å². The van der Waals surface area contributed by atoms with Crippen molar-refractivity contribution in [2.75, 3.05) is 6.54 Å². The molecule has 35 heavy (non-hydrogen) atoms. The molecule has 5 heteroatoms. The molecule has 0 heterocycles. The summed E-state index contributed by atoms with van der Waals surface area (Å²) in [4.78, 5) is 28.8. The Bertz CT molecular complexity index is 1100. The molecular formula is C30H35ClN2O2. The monoisotopic (exact) mass is 490 g/mol. The first-order valence-electron chi connectivity index (χ1n) is 12.2. The molecule has 3 aromatic carbocycles. The van der Waals surface area contributed by atoms with Crippen LogP contribution in [0.2, 0.25) is 5.02 Å². The Morgan fingerprint density at radius 3 is 2.20 bits per heavy atom. The summed E-state index contributed by atoms with van der Waals surface area (Å²) in [5.41, 5.74) is 4.12. The molecule has 0 bridgehead atoms. The van der Waals surface area contributed by atoms with E-state index in [2.05, 4.69) is 43.4 Å². The predicted octanol–water partition coefficient (Wildman–Crippen LogP) is 5.99. The number of hydrogen-bond donors (Lipinski definition) is 1. The fourth-order valence-electron chi connectivity index (χ4n) is 3.94. The maximum absolute atomic E-state index is 13.7. The van der Waals surface area contributed by atoms with Crippen LogP contribution in [0.5, 0.6) is 0 Å². The smallest absolute Gasteiger partial charge is 0.243 e. The Labute approximate surface area is 214 Å². The lowest BCUT2D eigenvalue weighted by atomic mass is 10.0. The molecule has 0 fully saturated rings. The summed E-state index contributed by atoms with van der Waals surface area (Å²) in [6.45, 7) is 6.99. The van der Waals surface area contributed by atoms with Crippen molar-refractivity contribution in [3.8, 4) is 0 Å². The molecule has 184 valence electrons. The Balaban J connectivity index is 1.90. The average molecular weight is 491 g/mol. The van der Waals surface area contributed by atoms with Crippen LogP contribution >= 0.6 is 11.6 Å². The number of carbonyl (C=O) groups is 2. The molecule has 0 spiro atoms. The molecule has 0 aliphatic carbocycles. The van der Waals surface area contributed by atoms with Crippen molar-refractivity contribution in [1.82, 2.24) is 10.2 Å². The van der Waals surface area contributed by atoms with E-state index in [-0.39, 0.29) is 18.4 Å². The highest BCUT2D eigenvalue weighted by atomic mass is 35.5. The lowest BCUT2D eigenvalue weighted by Crippen LogP contribution is -2.51. The fourth-order valence-corrected chi connectivity index (χ4v) is 4.13. The van der Waals surface area contributed by atoms with E-state index in [9.17, 15) is 9.59 Å². The van der Waals surface area contributed by atoms with E-state index < -0.39 is 6.04 Å². The molecule has 3 aromatic rings. The second kappa shape index (κ2) is 13.1. The first kappa shape index (κ1) is 26.5. The van der Waals surface area contributed by atoms with Gasteiger partial charge in [0.2, 0.25) is 11.8 Å². The lowest BCUT2D eigenvalue weighted by molar-refractivity contribution is -0.141. The maximum Gasteiger partial charge on any atom is 0.243 e. The van der Waals surface area contributed by atoms with E-state index in [4.69, 9.17) is 11.6 Å². The Kier molecular flexibility index (Phi) is 9.92. The van der Waals surface area contributed by atoms with E-state index in [1.807, 2.05) is 61.5 Å². The zero-order valence-corrected chi connectivity index (χ0v) is 21.6. The van der Waals surface area contributed by atoms with Crippen LogP contribution in [0, 0.1) is 12.8 Å². The third-order valence-corrected chi connectivity index (χ3v) is 6.37. The molecule has 0 radical (unpaired) electrons. The number of hydrogen-bond acceptors (Lipinski definition) is 2. The number of rotatable bonds is 11. The van der Waals surface area contributed by atoms with Crippen molar-refractivity contribution in [1.29, 1.82) is 0 Å². The molecule has 1 atom stereocenters. The molecule has 1 N–H and O–H groups in total. The van der Waals surface area contributed by atoms with Crippen LogP contribution in [0.4, 0.5) is 0 Å². The molecule has 3 rings (SSSR count). The zero-order valence-electron chi connectivity index (χ0n) is 20.8. The van der Waals surface area contributed by atoms with Crippen LogP contribution in [0.1, 0.15) is 42.5 Å². The SMILES string of the molecule is Cc1ccc(CCC(=O)N(Cc2ccccc2Cl)C(Cc2ccccc2)C(=O)NCC(C)C)cc1. The summed E-state index contributed by atoms with van der Waals surface area (Å²) in [6.07, 6.45) is 1.37. The van der Waals surface area contributed by atoms with Gasteiger partial charge in [0.05, 0.1) is 0 Å². The quantitative estimate of drug-likeness (QED) is 0.358. The van der Waals surface area contributed by atoms with E-state index in [1.165, 1.54) is 5.56 Å². The molecule has 0 aliphatic heterocycles. The summed E-state index contributed by atoms with van der Waals surface area (Å²) < 4.78 is 0. The van der Waals surface area contributed by atoms with Gasteiger partial charge in [-0.3, -0.25) is 9.59 Å². The minimum Gasteiger partial charge on any atom is -0.354 e. The number of halogens is 1. The molecule has 0 aliphatic rings. The van der Waals surface area contributed by atoms with Gasteiger partial charge in [-0.25, -0.2) is 0 Å². The highest BCUT2D eigenvalue weighted by Gasteiger charge is 2.30. The molecule has 1 unspecified atom stereocenters. The van der Waals surface area contributed by atoms with Crippen molar-refractivity contribution in [3.63, 3.8) is 0 Å². The van der Waals surface area contributed by atoms with Crippen LogP contribution in [-0.4, -0.2) is 29.3 Å². The Morgan fingerprint density at radius 1 is 0.886 bits per heavy atom. The van der Waals surface area contributed by atoms with E-state index >= 15 is 0 Å². The fraction of sp³-hybridized carbons (Fsp3) is 0.333. The number of nitrogens with zero attached hydrogens (tertiary/aromatic N) is 1. The van der Waals surface area contributed by atoms with Crippen LogP contribution in [0.25, 0.3) is 0 Å².